The summed E-state index contributed by atoms with van der Waals surface area (Å²) in [4.78, 5) is 114. The number of rotatable bonds is 19. The van der Waals surface area contributed by atoms with E-state index in [2.05, 4.69) is 38.9 Å². The zero-order valence-electron chi connectivity index (χ0n) is 33.2. The fourth-order valence-electron chi connectivity index (χ4n) is 7.67. The third kappa shape index (κ3) is 12.5. The van der Waals surface area contributed by atoms with Gasteiger partial charge in [-0.05, 0) is 63.9 Å². The molecular weight excluding hydrogens is 787 g/mol. The number of nitrogens with two attached hydrogens (primary N) is 3. The molecule has 7 atom stereocenters. The Hall–Kier alpha value is -5.44. The second kappa shape index (κ2) is 22.1. The molecule has 7 amide bonds. The van der Waals surface area contributed by atoms with E-state index in [1.807, 2.05) is 0 Å². The zero-order valence-corrected chi connectivity index (χ0v) is 34.1. The third-order valence-corrected chi connectivity index (χ3v) is 11.1. The predicted molar refractivity (Wildman–Crippen MR) is 218 cm³/mol. The minimum absolute atomic E-state index is 0.0684. The van der Waals surface area contributed by atoms with E-state index < -0.39 is 83.7 Å². The smallest absolute Gasteiger partial charge is 0.327 e. The van der Waals surface area contributed by atoms with E-state index >= 15 is 0 Å². The van der Waals surface area contributed by atoms with Crippen molar-refractivity contribution in [3.8, 4) is 0 Å². The van der Waals surface area contributed by atoms with Crippen LogP contribution >= 0.6 is 12.6 Å². The van der Waals surface area contributed by atoms with Crippen LogP contribution in [0.1, 0.15) is 63.9 Å². The average molecular weight is 844 g/mol. The highest BCUT2D eigenvalue weighted by molar-refractivity contribution is 7.80. The van der Waals surface area contributed by atoms with E-state index in [0.29, 0.717) is 38.6 Å². The van der Waals surface area contributed by atoms with Crippen LogP contribution in [0.15, 0.2) is 35.3 Å². The molecule has 0 saturated carbocycles. The standard InChI is InChI=1S/C38H57N11O9S/c1-22(31(51)46-26(21-59)37(57)58)43-32(52)28-13-7-18-49(28)36(56)25(19-23-9-3-2-4-10-23)45-34(54)29-14-8-17-48(29)35(55)24(11-5-15-42-38(40)41)44-33(53)27-12-6-16-47(27)30(50)20-39/h2-4,9-10,22,24-29,59H,5-8,11-21,39H2,1H3,(H,43,52)(H,44,53)(H,45,54)(H,46,51)(H,57,58)(H4,40,41,42)/t22-,24-,25-,26-,27-,28-,29-/m0/s1. The highest BCUT2D eigenvalue weighted by Crippen LogP contribution is 2.24. The van der Waals surface area contributed by atoms with Gasteiger partial charge in [-0.15, -0.1) is 0 Å². The summed E-state index contributed by atoms with van der Waals surface area (Å²) in [5.41, 5.74) is 17.3. The molecule has 11 N–H and O–H groups in total. The predicted octanol–water partition coefficient (Wildman–Crippen LogP) is -2.81. The molecule has 3 aliphatic heterocycles. The maximum absolute atomic E-state index is 14.3. The number of carboxylic acid groups (broad SMARTS) is 1. The average Bonchev–Trinajstić information content (AvgIpc) is 4.02. The minimum atomic E-state index is -1.28. The van der Waals surface area contributed by atoms with Crippen LogP contribution in [-0.4, -0.2) is 154 Å². The number of hydrogen-bond acceptors (Lipinski definition) is 11. The Labute approximate surface area is 348 Å². The summed E-state index contributed by atoms with van der Waals surface area (Å²) in [7, 11) is 0. The highest BCUT2D eigenvalue weighted by Gasteiger charge is 2.43. The van der Waals surface area contributed by atoms with Crippen molar-refractivity contribution in [1.29, 1.82) is 0 Å². The van der Waals surface area contributed by atoms with Crippen LogP contribution in [0, 0.1) is 0 Å². The lowest BCUT2D eigenvalue weighted by Crippen LogP contribution is -2.59. The van der Waals surface area contributed by atoms with Crippen LogP contribution < -0.4 is 38.5 Å². The van der Waals surface area contributed by atoms with Gasteiger partial charge in [0.25, 0.3) is 0 Å². The SMILES string of the molecule is C[C@H](NC(=O)[C@@H]1CCCN1C(=O)[C@H](Cc1ccccc1)NC(=O)[C@@H]1CCCN1C(=O)[C@H](CCCN=C(N)N)NC(=O)[C@@H]1CCCN1C(=O)CN)C(=O)N[C@@H](CS)C(=O)O. The first-order chi connectivity index (χ1) is 28.2. The van der Waals surface area contributed by atoms with Crippen molar-refractivity contribution >= 4 is 65.9 Å². The molecule has 21 heteroatoms. The summed E-state index contributed by atoms with van der Waals surface area (Å²) < 4.78 is 0. The van der Waals surface area contributed by atoms with Crippen molar-refractivity contribution in [3.63, 3.8) is 0 Å². The molecule has 0 spiro atoms. The van der Waals surface area contributed by atoms with E-state index in [0.717, 1.165) is 5.56 Å². The number of carboxylic acids is 1. The molecular formula is C38H57N11O9S. The number of nitrogens with zero attached hydrogens (tertiary/aromatic N) is 4. The Kier molecular flexibility index (Phi) is 17.3. The summed E-state index contributed by atoms with van der Waals surface area (Å²) in [6.07, 6.45) is 3.01. The molecule has 59 heavy (non-hydrogen) atoms. The molecule has 3 fully saturated rings. The van der Waals surface area contributed by atoms with Gasteiger partial charge < -0.3 is 58.3 Å². The van der Waals surface area contributed by atoms with Gasteiger partial charge in [-0.2, -0.15) is 12.6 Å². The molecule has 1 aromatic carbocycles. The van der Waals surface area contributed by atoms with E-state index in [-0.39, 0.29) is 69.5 Å². The first-order valence-electron chi connectivity index (χ1n) is 19.9. The molecule has 3 heterocycles. The lowest BCUT2D eigenvalue weighted by atomic mass is 10.0. The van der Waals surface area contributed by atoms with Crippen LogP contribution in [0.2, 0.25) is 0 Å². The van der Waals surface area contributed by atoms with Crippen molar-refractivity contribution < 1.29 is 43.5 Å². The van der Waals surface area contributed by atoms with Crippen molar-refractivity contribution in [1.82, 2.24) is 36.0 Å². The quantitative estimate of drug-likeness (QED) is 0.0295. The molecule has 0 radical (unpaired) electrons. The number of amides is 7. The van der Waals surface area contributed by atoms with Crippen molar-refractivity contribution in [2.24, 2.45) is 22.2 Å². The Bertz CT molecular complexity index is 1730. The number of thiol groups is 1. The van der Waals surface area contributed by atoms with E-state index in [1.54, 1.807) is 30.3 Å². The van der Waals surface area contributed by atoms with Crippen LogP contribution in [-0.2, 0) is 44.8 Å². The van der Waals surface area contributed by atoms with Gasteiger partial charge in [0.1, 0.15) is 42.3 Å². The molecule has 3 saturated heterocycles. The summed E-state index contributed by atoms with van der Waals surface area (Å²) >= 11 is 3.95. The summed E-state index contributed by atoms with van der Waals surface area (Å²) in [6.45, 7) is 2.07. The fraction of sp³-hybridized carbons (Fsp3) is 0.605. The lowest BCUT2D eigenvalue weighted by molar-refractivity contribution is -0.145. The number of aliphatic imine (C=N–C) groups is 1. The molecule has 0 aliphatic carbocycles. The maximum Gasteiger partial charge on any atom is 0.327 e. The molecule has 3 aliphatic rings. The topological polar surface area (TPSA) is 305 Å². The van der Waals surface area contributed by atoms with Gasteiger partial charge in [0.15, 0.2) is 5.96 Å². The van der Waals surface area contributed by atoms with Crippen molar-refractivity contribution in [2.45, 2.75) is 107 Å². The van der Waals surface area contributed by atoms with E-state index in [4.69, 9.17) is 17.2 Å². The molecule has 324 valence electrons. The van der Waals surface area contributed by atoms with Gasteiger partial charge >= 0.3 is 5.97 Å². The van der Waals surface area contributed by atoms with Crippen LogP contribution in [0.3, 0.4) is 0 Å². The third-order valence-electron chi connectivity index (χ3n) is 10.7. The Balaban J connectivity index is 1.51. The second-order valence-corrected chi connectivity index (χ2v) is 15.3. The highest BCUT2D eigenvalue weighted by atomic mass is 32.1. The van der Waals surface area contributed by atoms with Gasteiger partial charge in [0, 0.05) is 38.4 Å². The molecule has 0 unspecified atom stereocenters. The van der Waals surface area contributed by atoms with Gasteiger partial charge in [0.05, 0.1) is 6.54 Å². The number of aliphatic carboxylic acids is 1. The molecule has 20 nitrogen and oxygen atoms in total. The number of benzene rings is 1. The largest absolute Gasteiger partial charge is 0.480 e. The first-order valence-corrected chi connectivity index (χ1v) is 20.5. The van der Waals surface area contributed by atoms with E-state index in [9.17, 15) is 43.5 Å². The zero-order chi connectivity index (χ0) is 43.2. The number of guanidine groups is 1. The monoisotopic (exact) mass is 843 g/mol. The summed E-state index contributed by atoms with van der Waals surface area (Å²) in [6, 6.07) is 1.59. The number of carbonyl (C=O) groups is 8. The van der Waals surface area contributed by atoms with Crippen LogP contribution in [0.4, 0.5) is 0 Å². The number of hydrogen-bond donors (Lipinski definition) is 9. The molecule has 0 bridgehead atoms. The minimum Gasteiger partial charge on any atom is -0.480 e. The van der Waals surface area contributed by atoms with Crippen LogP contribution in [0.25, 0.3) is 0 Å². The Morgan fingerprint density at radius 1 is 0.763 bits per heavy atom. The normalized spacial score (nSPS) is 20.8. The first kappa shape index (κ1) is 46.3. The van der Waals surface area contributed by atoms with Gasteiger partial charge in [-0.1, -0.05) is 30.3 Å². The fourth-order valence-corrected chi connectivity index (χ4v) is 7.91. The van der Waals surface area contributed by atoms with Gasteiger partial charge in [-0.25, -0.2) is 4.79 Å². The van der Waals surface area contributed by atoms with Crippen molar-refractivity contribution in [2.75, 3.05) is 38.5 Å². The van der Waals surface area contributed by atoms with Crippen molar-refractivity contribution in [3.05, 3.63) is 35.9 Å². The number of nitrogens with one attached hydrogen (secondary N) is 4. The summed E-state index contributed by atoms with van der Waals surface area (Å²) in [5.74, 6) is -5.46. The number of carbonyl (C=O) groups excluding carboxylic acids is 7. The second-order valence-electron chi connectivity index (χ2n) is 14.9. The Morgan fingerprint density at radius 3 is 1.80 bits per heavy atom. The molecule has 0 aromatic heterocycles. The van der Waals surface area contributed by atoms with Crippen LogP contribution in [0.5, 0.6) is 0 Å². The van der Waals surface area contributed by atoms with Gasteiger partial charge in [-0.3, -0.25) is 38.6 Å². The lowest BCUT2D eigenvalue weighted by Gasteiger charge is -2.32. The molecule has 4 rings (SSSR count). The summed E-state index contributed by atoms with van der Waals surface area (Å²) in [5, 5.41) is 19.9. The molecule has 1 aromatic rings. The van der Waals surface area contributed by atoms with Gasteiger partial charge in [0.2, 0.25) is 41.4 Å². The van der Waals surface area contributed by atoms with E-state index in [1.165, 1.54) is 21.6 Å². The maximum atomic E-state index is 14.3. The Morgan fingerprint density at radius 2 is 1.27 bits per heavy atom. The number of likely N-dealkylation sites (tertiary alicyclic amines) is 3.